The molecule has 0 saturated carbocycles. The van der Waals surface area contributed by atoms with Crippen LogP contribution in [0.4, 0.5) is 8.78 Å². The second-order valence-electron chi connectivity index (χ2n) is 4.56. The summed E-state index contributed by atoms with van der Waals surface area (Å²) in [5.74, 6) is -1.05. The zero-order valence-electron chi connectivity index (χ0n) is 10.8. The maximum atomic E-state index is 13.8. The molecule has 3 nitrogen and oxygen atoms in total. The Morgan fingerprint density at radius 3 is 2.43 bits per heavy atom. The van der Waals surface area contributed by atoms with E-state index in [1.165, 1.54) is 12.1 Å². The number of aliphatic hydroxyl groups is 1. The lowest BCUT2D eigenvalue weighted by molar-refractivity contribution is 0.169. The lowest BCUT2D eigenvalue weighted by Crippen LogP contribution is -2.16. The first-order chi connectivity index (χ1) is 10.1. The van der Waals surface area contributed by atoms with E-state index < -0.39 is 17.7 Å². The van der Waals surface area contributed by atoms with Crippen LogP contribution in [-0.2, 0) is 0 Å². The molecule has 21 heavy (non-hydrogen) atoms. The Bertz CT molecular complexity index is 691. The van der Waals surface area contributed by atoms with Crippen molar-refractivity contribution < 1.29 is 23.4 Å². The summed E-state index contributed by atoms with van der Waals surface area (Å²) in [6.45, 7) is 0.846. The fourth-order valence-electron chi connectivity index (χ4n) is 2.19. The summed E-state index contributed by atoms with van der Waals surface area (Å²) < 4.78 is 38.5. The maximum Gasteiger partial charge on any atom is 0.164 e. The van der Waals surface area contributed by atoms with Gasteiger partial charge in [-0.25, -0.2) is 8.78 Å². The van der Waals surface area contributed by atoms with E-state index in [1.54, 1.807) is 12.1 Å². The monoisotopic (exact) mass is 356 g/mol. The highest BCUT2D eigenvalue weighted by molar-refractivity contribution is 9.10. The van der Waals surface area contributed by atoms with Crippen molar-refractivity contribution in [3.05, 3.63) is 57.6 Å². The number of aliphatic hydroxyl groups excluding tert-OH is 1. The van der Waals surface area contributed by atoms with E-state index >= 15 is 0 Å². The second kappa shape index (κ2) is 5.61. The van der Waals surface area contributed by atoms with Crippen molar-refractivity contribution in [2.24, 2.45) is 0 Å². The van der Waals surface area contributed by atoms with E-state index in [4.69, 9.17) is 9.47 Å². The van der Waals surface area contributed by atoms with Gasteiger partial charge in [0, 0.05) is 15.6 Å². The van der Waals surface area contributed by atoms with Crippen molar-refractivity contribution in [3.63, 3.8) is 0 Å². The standard InChI is InChI=1S/C15H11BrF2O3/c16-10-7-13-12(20-4-5-21-13)6-9(10)15(19)8-2-1-3-11(17)14(8)18/h1-3,6-7,15,19H,4-5H2. The van der Waals surface area contributed by atoms with Crippen LogP contribution in [0.2, 0.25) is 0 Å². The van der Waals surface area contributed by atoms with Crippen LogP contribution in [0.5, 0.6) is 11.5 Å². The second-order valence-corrected chi connectivity index (χ2v) is 5.42. The van der Waals surface area contributed by atoms with Crippen LogP contribution in [0.15, 0.2) is 34.8 Å². The van der Waals surface area contributed by atoms with Crippen LogP contribution in [0.1, 0.15) is 17.2 Å². The lowest BCUT2D eigenvalue weighted by Gasteiger charge is -2.22. The van der Waals surface area contributed by atoms with Crippen LogP contribution in [-0.4, -0.2) is 18.3 Å². The third kappa shape index (κ3) is 2.61. The molecule has 0 bridgehead atoms. The highest BCUT2D eigenvalue weighted by atomic mass is 79.9. The number of fused-ring (bicyclic) bond motifs is 1. The lowest BCUT2D eigenvalue weighted by atomic mass is 10.0. The van der Waals surface area contributed by atoms with Crippen LogP contribution >= 0.6 is 15.9 Å². The Labute approximate surface area is 128 Å². The van der Waals surface area contributed by atoms with Crippen LogP contribution in [0.25, 0.3) is 0 Å². The molecule has 2 aromatic carbocycles. The minimum atomic E-state index is -1.31. The Morgan fingerprint density at radius 2 is 1.71 bits per heavy atom. The minimum Gasteiger partial charge on any atom is -0.486 e. The molecular formula is C15H11BrF2O3. The van der Waals surface area contributed by atoms with Crippen molar-refractivity contribution in [3.8, 4) is 11.5 Å². The molecule has 1 heterocycles. The average molecular weight is 357 g/mol. The number of hydrogen-bond donors (Lipinski definition) is 1. The molecule has 0 saturated heterocycles. The van der Waals surface area contributed by atoms with Gasteiger partial charge in [0.2, 0.25) is 0 Å². The van der Waals surface area contributed by atoms with Gasteiger partial charge in [-0.15, -0.1) is 0 Å². The van der Waals surface area contributed by atoms with Gasteiger partial charge in [-0.05, 0) is 18.2 Å². The highest BCUT2D eigenvalue weighted by Gasteiger charge is 2.23. The van der Waals surface area contributed by atoms with E-state index in [9.17, 15) is 13.9 Å². The summed E-state index contributed by atoms with van der Waals surface area (Å²) in [4.78, 5) is 0. The summed E-state index contributed by atoms with van der Waals surface area (Å²) in [5, 5.41) is 10.3. The van der Waals surface area contributed by atoms with E-state index in [2.05, 4.69) is 15.9 Å². The Balaban J connectivity index is 2.05. The zero-order valence-corrected chi connectivity index (χ0v) is 12.4. The maximum absolute atomic E-state index is 13.8. The summed E-state index contributed by atoms with van der Waals surface area (Å²) in [6.07, 6.45) is -1.31. The zero-order chi connectivity index (χ0) is 15.0. The van der Waals surface area contributed by atoms with Gasteiger partial charge in [-0.2, -0.15) is 0 Å². The van der Waals surface area contributed by atoms with E-state index in [0.717, 1.165) is 6.07 Å². The molecule has 1 atom stereocenters. The van der Waals surface area contributed by atoms with Crippen LogP contribution in [0, 0.1) is 11.6 Å². The predicted octanol–water partition coefficient (Wildman–Crippen LogP) is 3.58. The number of rotatable bonds is 2. The number of hydrogen-bond acceptors (Lipinski definition) is 3. The summed E-state index contributed by atoms with van der Waals surface area (Å²) >= 11 is 3.30. The predicted molar refractivity (Wildman–Crippen MR) is 75.6 cm³/mol. The number of halogens is 3. The van der Waals surface area contributed by atoms with Gasteiger partial charge < -0.3 is 14.6 Å². The fraction of sp³-hybridized carbons (Fsp3) is 0.200. The molecule has 1 unspecified atom stereocenters. The molecule has 0 aliphatic carbocycles. The van der Waals surface area contributed by atoms with Crippen molar-refractivity contribution in [1.82, 2.24) is 0 Å². The number of ether oxygens (including phenoxy) is 2. The normalized spacial score (nSPS) is 14.9. The molecule has 1 aliphatic heterocycles. The number of benzene rings is 2. The molecule has 0 aromatic heterocycles. The van der Waals surface area contributed by atoms with Gasteiger partial charge in [0.1, 0.15) is 19.3 Å². The topological polar surface area (TPSA) is 38.7 Å². The quantitative estimate of drug-likeness (QED) is 0.893. The van der Waals surface area contributed by atoms with Gasteiger partial charge in [0.05, 0.1) is 0 Å². The van der Waals surface area contributed by atoms with Crippen molar-refractivity contribution in [2.75, 3.05) is 13.2 Å². The Hall–Kier alpha value is -1.66. The van der Waals surface area contributed by atoms with E-state index in [0.29, 0.717) is 34.7 Å². The van der Waals surface area contributed by atoms with E-state index in [1.807, 2.05) is 0 Å². The largest absolute Gasteiger partial charge is 0.486 e. The molecule has 1 N–H and O–H groups in total. The van der Waals surface area contributed by atoms with Gasteiger partial charge in [0.25, 0.3) is 0 Å². The SMILES string of the molecule is OC(c1cc2c(cc1Br)OCCO2)c1cccc(F)c1F. The van der Waals surface area contributed by atoms with Crippen molar-refractivity contribution >= 4 is 15.9 Å². The highest BCUT2D eigenvalue weighted by Crippen LogP contribution is 2.39. The Kier molecular flexibility index (Phi) is 3.82. The van der Waals surface area contributed by atoms with Crippen molar-refractivity contribution in [2.45, 2.75) is 6.10 Å². The van der Waals surface area contributed by atoms with Crippen LogP contribution in [0.3, 0.4) is 0 Å². The van der Waals surface area contributed by atoms with Crippen molar-refractivity contribution in [1.29, 1.82) is 0 Å². The van der Waals surface area contributed by atoms with Gasteiger partial charge in [-0.1, -0.05) is 28.1 Å². The molecule has 0 radical (unpaired) electrons. The smallest absolute Gasteiger partial charge is 0.164 e. The molecule has 0 amide bonds. The molecule has 6 heteroatoms. The minimum absolute atomic E-state index is 0.132. The first-order valence-electron chi connectivity index (χ1n) is 6.29. The molecule has 110 valence electrons. The van der Waals surface area contributed by atoms with Gasteiger partial charge in [-0.3, -0.25) is 0 Å². The van der Waals surface area contributed by atoms with Gasteiger partial charge >= 0.3 is 0 Å². The molecule has 0 spiro atoms. The van der Waals surface area contributed by atoms with Crippen LogP contribution < -0.4 is 9.47 Å². The summed E-state index contributed by atoms with van der Waals surface area (Å²) in [5.41, 5.74) is 0.246. The molecular weight excluding hydrogens is 346 g/mol. The molecule has 3 rings (SSSR count). The molecule has 0 fully saturated rings. The first-order valence-corrected chi connectivity index (χ1v) is 7.08. The summed E-state index contributed by atoms with van der Waals surface area (Å²) in [6, 6.07) is 6.90. The fourth-order valence-corrected chi connectivity index (χ4v) is 2.73. The first kappa shape index (κ1) is 14.3. The van der Waals surface area contributed by atoms with E-state index in [-0.39, 0.29) is 5.56 Å². The third-order valence-electron chi connectivity index (χ3n) is 3.23. The third-order valence-corrected chi connectivity index (χ3v) is 3.92. The Morgan fingerprint density at radius 1 is 1.05 bits per heavy atom. The average Bonchev–Trinajstić information content (AvgIpc) is 2.48. The van der Waals surface area contributed by atoms with Gasteiger partial charge in [0.15, 0.2) is 23.1 Å². The molecule has 2 aromatic rings. The summed E-state index contributed by atoms with van der Waals surface area (Å²) in [7, 11) is 0. The molecule has 1 aliphatic rings.